The molecule has 160 valence electrons. The minimum atomic E-state index is -0.192. The van der Waals surface area contributed by atoms with Crippen molar-refractivity contribution in [2.24, 2.45) is 0 Å². The number of ether oxygens (including phenoxy) is 1. The number of rotatable bonds is 3. The number of nitrogens with one attached hydrogen (secondary N) is 2. The number of urea groups is 1. The first-order chi connectivity index (χ1) is 15.1. The predicted molar refractivity (Wildman–Crippen MR) is 123 cm³/mol. The third-order valence-electron chi connectivity index (χ3n) is 6.59. The second-order valence-corrected chi connectivity index (χ2v) is 8.32. The molecule has 6 heteroatoms. The Labute approximate surface area is 182 Å². The zero-order valence-corrected chi connectivity index (χ0v) is 18.0. The van der Waals surface area contributed by atoms with Crippen LogP contribution in [-0.4, -0.2) is 35.7 Å². The van der Waals surface area contributed by atoms with E-state index in [9.17, 15) is 4.79 Å². The monoisotopic (exact) mass is 416 g/mol. The van der Waals surface area contributed by atoms with Crippen LogP contribution in [0.15, 0.2) is 60.8 Å². The van der Waals surface area contributed by atoms with Crippen LogP contribution in [-0.2, 0) is 12.0 Å². The molecule has 1 aromatic heterocycles. The highest BCUT2D eigenvalue weighted by Gasteiger charge is 2.42. The molecule has 1 saturated heterocycles. The van der Waals surface area contributed by atoms with Gasteiger partial charge in [-0.05, 0) is 61.2 Å². The van der Waals surface area contributed by atoms with Gasteiger partial charge in [0, 0.05) is 36.7 Å². The number of fused-ring (bicyclic) bond motifs is 4. The number of hydrogen-bond donors (Lipinski definition) is 2. The summed E-state index contributed by atoms with van der Waals surface area (Å²) < 4.78 is 7.69. The molecule has 0 atom stereocenters. The van der Waals surface area contributed by atoms with Crippen molar-refractivity contribution in [1.82, 2.24) is 9.47 Å². The molecule has 2 aromatic carbocycles. The van der Waals surface area contributed by atoms with E-state index in [1.165, 1.54) is 11.3 Å². The molecule has 2 amide bonds. The molecule has 2 N–H and O–H groups in total. The van der Waals surface area contributed by atoms with E-state index in [1.807, 2.05) is 23.1 Å². The summed E-state index contributed by atoms with van der Waals surface area (Å²) in [5, 5.41) is 6.84. The van der Waals surface area contributed by atoms with Gasteiger partial charge >= 0.3 is 6.03 Å². The Bertz CT molecular complexity index is 1090. The number of nitrogens with zero attached hydrogens (tertiary/aromatic N) is 2. The summed E-state index contributed by atoms with van der Waals surface area (Å²) >= 11 is 0. The predicted octanol–water partition coefficient (Wildman–Crippen LogP) is 5.00. The van der Waals surface area contributed by atoms with E-state index in [4.69, 9.17) is 4.74 Å². The first-order valence-electron chi connectivity index (χ1n) is 10.9. The van der Waals surface area contributed by atoms with Gasteiger partial charge in [-0.25, -0.2) is 4.79 Å². The number of carbonyl (C=O) groups excluding carboxylic acids is 1. The van der Waals surface area contributed by atoms with Gasteiger partial charge in [0.2, 0.25) is 0 Å². The Hall–Kier alpha value is -3.41. The molecule has 31 heavy (non-hydrogen) atoms. The highest BCUT2D eigenvalue weighted by atomic mass is 16.5. The van der Waals surface area contributed by atoms with E-state index in [2.05, 4.69) is 64.7 Å². The third-order valence-corrected chi connectivity index (χ3v) is 6.59. The molecule has 0 bridgehead atoms. The lowest BCUT2D eigenvalue weighted by atomic mass is 9.82. The molecule has 1 fully saturated rings. The second-order valence-electron chi connectivity index (χ2n) is 8.32. The molecule has 0 saturated carbocycles. The molecule has 2 aliphatic rings. The minimum Gasteiger partial charge on any atom is -0.497 e. The Morgan fingerprint density at radius 2 is 1.90 bits per heavy atom. The summed E-state index contributed by atoms with van der Waals surface area (Å²) in [5.74, 6) is 0.836. The second kappa shape index (κ2) is 7.69. The number of hydrogen-bond acceptors (Lipinski definition) is 3. The minimum absolute atomic E-state index is 0.0349. The van der Waals surface area contributed by atoms with Crippen LogP contribution in [0.3, 0.4) is 0 Å². The molecule has 1 spiro atoms. The van der Waals surface area contributed by atoms with Crippen LogP contribution in [0, 0.1) is 0 Å². The number of likely N-dealkylation sites (tertiary alicyclic amines) is 1. The van der Waals surface area contributed by atoms with Gasteiger partial charge in [-0.2, -0.15) is 0 Å². The molecule has 3 heterocycles. The molecule has 6 nitrogen and oxygen atoms in total. The zero-order valence-electron chi connectivity index (χ0n) is 18.0. The quantitative estimate of drug-likeness (QED) is 0.632. The summed E-state index contributed by atoms with van der Waals surface area (Å²) in [6.07, 6.45) is 4.79. The summed E-state index contributed by atoms with van der Waals surface area (Å²) in [7, 11) is 1.69. The molecule has 2 aliphatic heterocycles. The molecule has 3 aromatic rings. The van der Waals surface area contributed by atoms with Crippen molar-refractivity contribution in [2.45, 2.75) is 31.7 Å². The number of piperidine rings is 1. The van der Waals surface area contributed by atoms with Crippen molar-refractivity contribution in [1.29, 1.82) is 0 Å². The van der Waals surface area contributed by atoms with Crippen LogP contribution in [0.1, 0.15) is 31.0 Å². The summed E-state index contributed by atoms with van der Waals surface area (Å²) in [6.45, 7) is 3.51. The van der Waals surface area contributed by atoms with Gasteiger partial charge in [-0.1, -0.05) is 19.1 Å². The standard InChI is InChI=1S/C25H28N4O2/c1-3-18-6-8-19(9-7-18)26-24(30)28-15-12-25(13-16-28)23-5-4-14-29(23)22-11-10-20(31-2)17-21(22)27-25/h4-11,14,17,27H,3,12-13,15-16H2,1-2H3,(H,26,30). The summed E-state index contributed by atoms with van der Waals surface area (Å²) in [4.78, 5) is 14.8. The van der Waals surface area contributed by atoms with Crippen LogP contribution >= 0.6 is 0 Å². The topological polar surface area (TPSA) is 58.5 Å². The van der Waals surface area contributed by atoms with E-state index in [0.717, 1.165) is 42.1 Å². The lowest BCUT2D eigenvalue weighted by Crippen LogP contribution is -2.51. The van der Waals surface area contributed by atoms with E-state index >= 15 is 0 Å². The Morgan fingerprint density at radius 1 is 1.13 bits per heavy atom. The fraction of sp³-hybridized carbons (Fsp3) is 0.320. The molecule has 0 unspecified atom stereocenters. The SMILES string of the molecule is CCc1ccc(NC(=O)N2CCC3(CC2)Nc2cc(OC)ccc2-n2cccc23)cc1. The normalized spacial score (nSPS) is 16.3. The lowest BCUT2D eigenvalue weighted by molar-refractivity contribution is 0.174. The van der Waals surface area contributed by atoms with E-state index in [-0.39, 0.29) is 11.6 Å². The smallest absolute Gasteiger partial charge is 0.321 e. The van der Waals surface area contributed by atoms with Crippen molar-refractivity contribution in [3.8, 4) is 11.4 Å². The van der Waals surface area contributed by atoms with Crippen LogP contribution in [0.25, 0.3) is 5.69 Å². The van der Waals surface area contributed by atoms with Crippen molar-refractivity contribution < 1.29 is 9.53 Å². The average Bonchev–Trinajstić information content (AvgIpc) is 3.31. The Morgan fingerprint density at radius 3 is 2.61 bits per heavy atom. The first-order valence-corrected chi connectivity index (χ1v) is 10.9. The molecule has 5 rings (SSSR count). The van der Waals surface area contributed by atoms with Gasteiger partial charge in [0.25, 0.3) is 0 Å². The lowest BCUT2D eigenvalue weighted by Gasteiger charge is -2.46. The van der Waals surface area contributed by atoms with Crippen LogP contribution < -0.4 is 15.4 Å². The van der Waals surface area contributed by atoms with Gasteiger partial charge in [0.15, 0.2) is 0 Å². The molecule has 0 radical (unpaired) electrons. The van der Waals surface area contributed by atoms with Crippen LogP contribution in [0.5, 0.6) is 5.75 Å². The number of aryl methyl sites for hydroxylation is 1. The number of aromatic nitrogens is 1. The highest BCUT2D eigenvalue weighted by Crippen LogP contribution is 2.44. The highest BCUT2D eigenvalue weighted by molar-refractivity contribution is 5.89. The van der Waals surface area contributed by atoms with Crippen molar-refractivity contribution in [3.05, 3.63) is 72.1 Å². The Kier molecular flexibility index (Phi) is 4.85. The van der Waals surface area contributed by atoms with Crippen molar-refractivity contribution in [3.63, 3.8) is 0 Å². The zero-order chi connectivity index (χ0) is 21.4. The molecular formula is C25H28N4O2. The number of carbonyl (C=O) groups is 1. The fourth-order valence-electron chi connectivity index (χ4n) is 4.75. The average molecular weight is 417 g/mol. The van der Waals surface area contributed by atoms with E-state index < -0.39 is 0 Å². The van der Waals surface area contributed by atoms with Gasteiger partial charge < -0.3 is 24.8 Å². The summed E-state index contributed by atoms with van der Waals surface area (Å²) in [5.41, 5.74) is 5.36. The van der Waals surface area contributed by atoms with Crippen molar-refractivity contribution in [2.75, 3.05) is 30.8 Å². The maximum Gasteiger partial charge on any atom is 0.321 e. The van der Waals surface area contributed by atoms with Crippen molar-refractivity contribution >= 4 is 17.4 Å². The van der Waals surface area contributed by atoms with Gasteiger partial charge in [-0.3, -0.25) is 0 Å². The number of methoxy groups -OCH3 is 1. The summed E-state index contributed by atoms with van der Waals surface area (Å²) in [6, 6.07) is 18.4. The van der Waals surface area contributed by atoms with Crippen LogP contribution in [0.2, 0.25) is 0 Å². The fourth-order valence-corrected chi connectivity index (χ4v) is 4.75. The number of amides is 2. The molecule has 0 aliphatic carbocycles. The Balaban J connectivity index is 1.32. The maximum absolute atomic E-state index is 12.8. The number of anilines is 2. The molecular weight excluding hydrogens is 388 g/mol. The first kappa shape index (κ1) is 19.5. The van der Waals surface area contributed by atoms with Gasteiger partial charge in [-0.15, -0.1) is 0 Å². The van der Waals surface area contributed by atoms with E-state index in [0.29, 0.717) is 13.1 Å². The number of benzene rings is 2. The van der Waals surface area contributed by atoms with Gasteiger partial charge in [0.1, 0.15) is 5.75 Å². The van der Waals surface area contributed by atoms with E-state index in [1.54, 1.807) is 7.11 Å². The largest absolute Gasteiger partial charge is 0.497 e. The maximum atomic E-state index is 12.8. The third kappa shape index (κ3) is 3.42. The van der Waals surface area contributed by atoms with Crippen LogP contribution in [0.4, 0.5) is 16.2 Å². The van der Waals surface area contributed by atoms with Gasteiger partial charge in [0.05, 0.1) is 24.0 Å².